The van der Waals surface area contributed by atoms with E-state index in [9.17, 15) is 36.6 Å². The SMILES string of the molecule is OCc1cccc(-c2ccccc2-c2ccc(C(O)(C(F)(F)F)C(F)(F)F)cc2)c1. The Kier molecular flexibility index (Phi) is 5.66. The van der Waals surface area contributed by atoms with Gasteiger partial charge in [0.1, 0.15) is 0 Å². The van der Waals surface area contributed by atoms with E-state index in [4.69, 9.17) is 0 Å². The summed E-state index contributed by atoms with van der Waals surface area (Å²) in [5, 5.41) is 18.9. The summed E-state index contributed by atoms with van der Waals surface area (Å²) in [7, 11) is 0. The van der Waals surface area contributed by atoms with Crippen molar-refractivity contribution in [2.75, 3.05) is 0 Å². The third kappa shape index (κ3) is 3.80. The molecule has 0 atom stereocenters. The van der Waals surface area contributed by atoms with Crippen molar-refractivity contribution in [1.29, 1.82) is 0 Å². The first-order chi connectivity index (χ1) is 14.0. The van der Waals surface area contributed by atoms with Gasteiger partial charge in [-0.2, -0.15) is 26.3 Å². The van der Waals surface area contributed by atoms with Crippen LogP contribution < -0.4 is 0 Å². The summed E-state index contributed by atoms with van der Waals surface area (Å²) in [4.78, 5) is 0. The van der Waals surface area contributed by atoms with E-state index in [2.05, 4.69) is 0 Å². The van der Waals surface area contributed by atoms with Gasteiger partial charge in [0.2, 0.25) is 0 Å². The lowest BCUT2D eigenvalue weighted by molar-refractivity contribution is -0.376. The second kappa shape index (κ2) is 7.77. The van der Waals surface area contributed by atoms with E-state index in [0.717, 1.165) is 17.7 Å². The zero-order valence-corrected chi connectivity index (χ0v) is 15.3. The maximum absolute atomic E-state index is 13.1. The molecule has 0 spiro atoms. The molecule has 8 heteroatoms. The van der Waals surface area contributed by atoms with Crippen LogP contribution in [-0.2, 0) is 12.2 Å². The van der Waals surface area contributed by atoms with Crippen molar-refractivity contribution in [3.05, 3.63) is 83.9 Å². The van der Waals surface area contributed by atoms with Crippen LogP contribution in [0.25, 0.3) is 22.3 Å². The van der Waals surface area contributed by atoms with Crippen molar-refractivity contribution in [1.82, 2.24) is 0 Å². The Labute approximate surface area is 168 Å². The van der Waals surface area contributed by atoms with Gasteiger partial charge in [-0.1, -0.05) is 66.7 Å². The molecule has 0 saturated heterocycles. The average Bonchev–Trinajstić information content (AvgIpc) is 2.71. The van der Waals surface area contributed by atoms with Crippen LogP contribution in [0.2, 0.25) is 0 Å². The monoisotopic (exact) mass is 426 g/mol. The molecule has 0 aromatic heterocycles. The molecule has 3 aromatic carbocycles. The molecule has 0 saturated carbocycles. The molecule has 3 aromatic rings. The second-order valence-corrected chi connectivity index (χ2v) is 6.69. The lowest BCUT2D eigenvalue weighted by Crippen LogP contribution is -2.53. The summed E-state index contributed by atoms with van der Waals surface area (Å²) < 4.78 is 78.5. The fourth-order valence-electron chi connectivity index (χ4n) is 3.20. The summed E-state index contributed by atoms with van der Waals surface area (Å²) in [6.45, 7) is -0.182. The van der Waals surface area contributed by atoms with Crippen molar-refractivity contribution in [2.24, 2.45) is 0 Å². The van der Waals surface area contributed by atoms with Crippen molar-refractivity contribution in [3.8, 4) is 22.3 Å². The zero-order valence-electron chi connectivity index (χ0n) is 15.3. The minimum absolute atomic E-state index is 0.182. The number of benzene rings is 3. The topological polar surface area (TPSA) is 40.5 Å². The second-order valence-electron chi connectivity index (χ2n) is 6.69. The Morgan fingerprint density at radius 1 is 0.633 bits per heavy atom. The number of aliphatic hydroxyl groups excluding tert-OH is 1. The predicted molar refractivity (Wildman–Crippen MR) is 99.2 cm³/mol. The molecule has 0 bridgehead atoms. The fraction of sp³-hybridized carbons (Fsp3) is 0.182. The Bertz CT molecular complexity index is 1010. The minimum atomic E-state index is -5.94. The van der Waals surface area contributed by atoms with E-state index < -0.39 is 23.5 Å². The number of hydrogen-bond acceptors (Lipinski definition) is 2. The molecule has 0 aliphatic heterocycles. The van der Waals surface area contributed by atoms with E-state index in [1.165, 1.54) is 0 Å². The van der Waals surface area contributed by atoms with Crippen molar-refractivity contribution in [3.63, 3.8) is 0 Å². The van der Waals surface area contributed by atoms with E-state index in [1.54, 1.807) is 48.5 Å². The Balaban J connectivity index is 2.08. The van der Waals surface area contributed by atoms with Crippen molar-refractivity contribution < 1.29 is 36.6 Å². The molecule has 2 nitrogen and oxygen atoms in total. The molecule has 0 aliphatic carbocycles. The molecule has 2 N–H and O–H groups in total. The van der Waals surface area contributed by atoms with Crippen LogP contribution in [0.5, 0.6) is 0 Å². The highest BCUT2D eigenvalue weighted by Crippen LogP contribution is 2.50. The van der Waals surface area contributed by atoms with Crippen LogP contribution in [0, 0.1) is 0 Å². The van der Waals surface area contributed by atoms with Crippen LogP contribution in [-0.4, -0.2) is 22.6 Å². The van der Waals surface area contributed by atoms with E-state index >= 15 is 0 Å². The Morgan fingerprint density at radius 2 is 1.17 bits per heavy atom. The third-order valence-corrected chi connectivity index (χ3v) is 4.78. The zero-order chi connectivity index (χ0) is 22.2. The molecule has 30 heavy (non-hydrogen) atoms. The van der Waals surface area contributed by atoms with Gasteiger partial charge in [-0.25, -0.2) is 0 Å². The van der Waals surface area contributed by atoms with Crippen LogP contribution in [0.4, 0.5) is 26.3 Å². The van der Waals surface area contributed by atoms with E-state index in [0.29, 0.717) is 34.4 Å². The summed E-state index contributed by atoms with van der Waals surface area (Å²) in [5.41, 5.74) is -3.28. The summed E-state index contributed by atoms with van der Waals surface area (Å²) >= 11 is 0. The molecule has 3 rings (SSSR count). The Hall–Kier alpha value is -2.84. The first kappa shape index (κ1) is 21.9. The molecule has 0 fully saturated rings. The van der Waals surface area contributed by atoms with E-state index in [1.807, 2.05) is 0 Å². The number of alkyl halides is 6. The fourth-order valence-corrected chi connectivity index (χ4v) is 3.20. The number of hydrogen-bond donors (Lipinski definition) is 2. The van der Waals surface area contributed by atoms with E-state index in [-0.39, 0.29) is 6.61 Å². The molecular weight excluding hydrogens is 410 g/mol. The average molecular weight is 426 g/mol. The van der Waals surface area contributed by atoms with Gasteiger partial charge in [-0.15, -0.1) is 0 Å². The first-order valence-electron chi connectivity index (χ1n) is 8.75. The van der Waals surface area contributed by atoms with Crippen LogP contribution in [0.1, 0.15) is 11.1 Å². The number of halogens is 6. The standard InChI is InChI=1S/C22H16F6O2/c23-21(24,25)20(30,22(26,27)28)17-10-8-15(9-11-17)18-6-1-2-7-19(18)16-5-3-4-14(12-16)13-29/h1-12,29-30H,13H2. The van der Waals surface area contributed by atoms with Crippen molar-refractivity contribution in [2.45, 2.75) is 24.6 Å². The highest BCUT2D eigenvalue weighted by atomic mass is 19.4. The highest BCUT2D eigenvalue weighted by Gasteiger charge is 2.71. The summed E-state index contributed by atoms with van der Waals surface area (Å²) in [5.74, 6) is 0. The molecular formula is C22H16F6O2. The molecule has 0 amide bonds. The summed E-state index contributed by atoms with van der Waals surface area (Å²) in [6.07, 6.45) is -11.9. The molecule has 0 aliphatic rings. The van der Waals surface area contributed by atoms with Crippen molar-refractivity contribution >= 4 is 0 Å². The quantitative estimate of drug-likeness (QED) is 0.516. The number of rotatable bonds is 4. The van der Waals surface area contributed by atoms with Crippen LogP contribution in [0.3, 0.4) is 0 Å². The molecule has 158 valence electrons. The highest BCUT2D eigenvalue weighted by molar-refractivity contribution is 5.83. The van der Waals surface area contributed by atoms with Crippen LogP contribution in [0.15, 0.2) is 72.8 Å². The molecule has 0 radical (unpaired) electrons. The molecule has 0 unspecified atom stereocenters. The maximum atomic E-state index is 13.1. The predicted octanol–water partition coefficient (Wildman–Crippen LogP) is 5.83. The largest absolute Gasteiger partial charge is 0.430 e. The smallest absolute Gasteiger partial charge is 0.392 e. The van der Waals surface area contributed by atoms with Gasteiger partial charge in [-0.3, -0.25) is 0 Å². The van der Waals surface area contributed by atoms with Gasteiger partial charge in [-0.05, 0) is 33.9 Å². The first-order valence-corrected chi connectivity index (χ1v) is 8.75. The third-order valence-electron chi connectivity index (χ3n) is 4.78. The van der Waals surface area contributed by atoms with Gasteiger partial charge in [0, 0.05) is 5.56 Å². The van der Waals surface area contributed by atoms with Gasteiger partial charge in [0.25, 0.3) is 5.60 Å². The normalized spacial score (nSPS) is 12.8. The maximum Gasteiger partial charge on any atom is 0.430 e. The van der Waals surface area contributed by atoms with Gasteiger partial charge >= 0.3 is 12.4 Å². The minimum Gasteiger partial charge on any atom is -0.392 e. The lowest BCUT2D eigenvalue weighted by Gasteiger charge is -2.32. The number of aliphatic hydroxyl groups is 2. The van der Waals surface area contributed by atoms with Gasteiger partial charge < -0.3 is 10.2 Å². The van der Waals surface area contributed by atoms with Crippen LogP contribution >= 0.6 is 0 Å². The summed E-state index contributed by atoms with van der Waals surface area (Å²) in [6, 6.07) is 17.3. The van der Waals surface area contributed by atoms with Gasteiger partial charge in [0.15, 0.2) is 0 Å². The lowest BCUT2D eigenvalue weighted by atomic mass is 9.89. The van der Waals surface area contributed by atoms with Gasteiger partial charge in [0.05, 0.1) is 6.61 Å². The molecule has 0 heterocycles. The Morgan fingerprint density at radius 3 is 1.67 bits per heavy atom.